The zero-order valence-corrected chi connectivity index (χ0v) is 17.8. The summed E-state index contributed by atoms with van der Waals surface area (Å²) in [5.41, 5.74) is 1.34. The number of amides is 2. The first-order valence-electron chi connectivity index (χ1n) is 10.6. The number of nitrogens with one attached hydrogen (secondary N) is 2. The van der Waals surface area contributed by atoms with E-state index in [2.05, 4.69) is 17.6 Å². The van der Waals surface area contributed by atoms with Crippen LogP contribution in [0.2, 0.25) is 0 Å². The largest absolute Gasteiger partial charge is 0.494 e. The molecule has 0 aliphatic heterocycles. The topological polar surface area (TPSA) is 105 Å². The molecule has 3 N–H and O–H groups in total. The fourth-order valence-electron chi connectivity index (χ4n) is 2.91. The number of unbranched alkanes of at least 4 members (excludes halogenated alkanes) is 1. The smallest absolute Gasteiger partial charge is 0.303 e. The summed E-state index contributed by atoms with van der Waals surface area (Å²) in [6.07, 6.45) is 2.64. The lowest BCUT2D eigenvalue weighted by atomic mass is 10.0. The number of aliphatic carboxylic acids is 1. The predicted octanol–water partition coefficient (Wildman–Crippen LogP) is 3.19. The lowest BCUT2D eigenvalue weighted by molar-refractivity contribution is -0.137. The van der Waals surface area contributed by atoms with Gasteiger partial charge in [0, 0.05) is 24.9 Å². The van der Waals surface area contributed by atoms with Gasteiger partial charge >= 0.3 is 5.97 Å². The zero-order valence-electron chi connectivity index (χ0n) is 17.8. The van der Waals surface area contributed by atoms with E-state index < -0.39 is 12.0 Å². The van der Waals surface area contributed by atoms with Crippen LogP contribution in [0.25, 0.3) is 0 Å². The molecule has 7 nitrogen and oxygen atoms in total. The van der Waals surface area contributed by atoms with Gasteiger partial charge in [0.25, 0.3) is 5.91 Å². The highest BCUT2D eigenvalue weighted by molar-refractivity contribution is 5.97. The van der Waals surface area contributed by atoms with E-state index in [0.29, 0.717) is 30.8 Å². The molecule has 1 unspecified atom stereocenters. The van der Waals surface area contributed by atoms with Gasteiger partial charge in [-0.05, 0) is 42.7 Å². The number of benzene rings is 2. The third kappa shape index (κ3) is 8.90. The summed E-state index contributed by atoms with van der Waals surface area (Å²) >= 11 is 0. The van der Waals surface area contributed by atoms with Crippen molar-refractivity contribution in [3.63, 3.8) is 0 Å². The fraction of sp³-hybridized carbons (Fsp3) is 0.375. The Morgan fingerprint density at radius 1 is 1.00 bits per heavy atom. The van der Waals surface area contributed by atoms with E-state index in [9.17, 15) is 14.4 Å². The highest BCUT2D eigenvalue weighted by Crippen LogP contribution is 2.13. The molecule has 2 rings (SSSR count). The molecule has 2 aromatic rings. The number of rotatable bonds is 13. The lowest BCUT2D eigenvalue weighted by Gasteiger charge is -2.19. The Balaban J connectivity index is 2.00. The number of hydrogen-bond acceptors (Lipinski definition) is 4. The Kier molecular flexibility index (Phi) is 10.1. The van der Waals surface area contributed by atoms with Crippen molar-refractivity contribution >= 4 is 17.8 Å². The lowest BCUT2D eigenvalue weighted by Crippen LogP contribution is -2.48. The Hall–Kier alpha value is -3.35. The monoisotopic (exact) mass is 426 g/mol. The van der Waals surface area contributed by atoms with Crippen molar-refractivity contribution in [3.05, 3.63) is 65.7 Å². The average Bonchev–Trinajstić information content (AvgIpc) is 2.77. The number of carboxylic acids is 1. The minimum absolute atomic E-state index is 0.0251. The van der Waals surface area contributed by atoms with E-state index in [1.807, 2.05) is 30.3 Å². The second kappa shape index (κ2) is 13.1. The van der Waals surface area contributed by atoms with Crippen LogP contribution in [0.15, 0.2) is 54.6 Å². The molecule has 0 aliphatic rings. The van der Waals surface area contributed by atoms with Gasteiger partial charge in [0.05, 0.1) is 6.61 Å². The van der Waals surface area contributed by atoms with Gasteiger partial charge in [0.1, 0.15) is 11.8 Å². The molecule has 2 amide bonds. The molecule has 7 heteroatoms. The highest BCUT2D eigenvalue weighted by Gasteiger charge is 2.22. The normalized spacial score (nSPS) is 11.4. The Bertz CT molecular complexity index is 837. The van der Waals surface area contributed by atoms with Crippen molar-refractivity contribution in [2.24, 2.45) is 0 Å². The molecular formula is C24H30N2O5. The van der Waals surface area contributed by atoms with Gasteiger partial charge in [-0.3, -0.25) is 14.4 Å². The van der Waals surface area contributed by atoms with Crippen LogP contribution in [-0.2, 0) is 16.0 Å². The number of ether oxygens (including phenoxy) is 1. The summed E-state index contributed by atoms with van der Waals surface area (Å²) in [6.45, 7) is 2.95. The molecule has 0 fully saturated rings. The van der Waals surface area contributed by atoms with Crippen LogP contribution in [0, 0.1) is 0 Å². The van der Waals surface area contributed by atoms with Gasteiger partial charge < -0.3 is 20.5 Å². The Labute approximate surface area is 182 Å². The SMILES string of the molecule is CCCCOc1ccc(C(=O)NC(Cc2ccccc2)C(=O)NCCCC(=O)O)cc1. The van der Waals surface area contributed by atoms with E-state index in [0.717, 1.165) is 18.4 Å². The van der Waals surface area contributed by atoms with Gasteiger partial charge in [0.2, 0.25) is 5.91 Å². The summed E-state index contributed by atoms with van der Waals surface area (Å²) in [4.78, 5) is 36.0. The van der Waals surface area contributed by atoms with Crippen LogP contribution in [-0.4, -0.2) is 42.1 Å². The first-order valence-corrected chi connectivity index (χ1v) is 10.6. The van der Waals surface area contributed by atoms with E-state index >= 15 is 0 Å². The maximum Gasteiger partial charge on any atom is 0.303 e. The Morgan fingerprint density at radius 2 is 1.71 bits per heavy atom. The number of carbonyl (C=O) groups excluding carboxylic acids is 2. The van der Waals surface area contributed by atoms with Gasteiger partial charge in [-0.15, -0.1) is 0 Å². The van der Waals surface area contributed by atoms with Crippen molar-refractivity contribution in [1.82, 2.24) is 10.6 Å². The van der Waals surface area contributed by atoms with E-state index in [1.54, 1.807) is 24.3 Å². The predicted molar refractivity (Wildman–Crippen MR) is 118 cm³/mol. The van der Waals surface area contributed by atoms with Crippen molar-refractivity contribution in [1.29, 1.82) is 0 Å². The first kappa shape index (κ1) is 23.9. The van der Waals surface area contributed by atoms with Gasteiger partial charge in [-0.25, -0.2) is 0 Å². The summed E-state index contributed by atoms with van der Waals surface area (Å²) in [5.74, 6) is -0.920. The summed E-state index contributed by atoms with van der Waals surface area (Å²) in [5, 5.41) is 14.2. The van der Waals surface area contributed by atoms with Crippen molar-refractivity contribution < 1.29 is 24.2 Å². The Morgan fingerprint density at radius 3 is 2.35 bits per heavy atom. The third-order valence-corrected chi connectivity index (χ3v) is 4.65. The maximum atomic E-state index is 12.7. The van der Waals surface area contributed by atoms with Gasteiger partial charge in [-0.1, -0.05) is 43.7 Å². The van der Waals surface area contributed by atoms with Crippen LogP contribution in [0.1, 0.15) is 48.5 Å². The summed E-state index contributed by atoms with van der Waals surface area (Å²) in [6, 6.07) is 15.4. The molecular weight excluding hydrogens is 396 g/mol. The molecule has 166 valence electrons. The highest BCUT2D eigenvalue weighted by atomic mass is 16.5. The van der Waals surface area contributed by atoms with Crippen molar-refractivity contribution in [2.75, 3.05) is 13.2 Å². The summed E-state index contributed by atoms with van der Waals surface area (Å²) in [7, 11) is 0. The standard InChI is InChI=1S/C24H30N2O5/c1-2-3-16-31-20-13-11-19(12-14-20)23(29)26-21(17-18-8-5-4-6-9-18)24(30)25-15-7-10-22(27)28/h4-6,8-9,11-14,21H,2-3,7,10,15-17H2,1H3,(H,25,30)(H,26,29)(H,27,28). The first-order chi connectivity index (χ1) is 15.0. The molecule has 31 heavy (non-hydrogen) atoms. The quantitative estimate of drug-likeness (QED) is 0.427. The number of hydrogen-bond donors (Lipinski definition) is 3. The van der Waals surface area contributed by atoms with Crippen LogP contribution >= 0.6 is 0 Å². The van der Waals surface area contributed by atoms with Crippen molar-refractivity contribution in [3.8, 4) is 5.75 Å². The van der Waals surface area contributed by atoms with Gasteiger partial charge in [0.15, 0.2) is 0 Å². The molecule has 0 aromatic heterocycles. The zero-order chi connectivity index (χ0) is 22.5. The molecule has 0 saturated heterocycles. The van der Waals surface area contributed by atoms with Gasteiger partial charge in [-0.2, -0.15) is 0 Å². The second-order valence-electron chi connectivity index (χ2n) is 7.23. The molecule has 1 atom stereocenters. The fourth-order valence-corrected chi connectivity index (χ4v) is 2.91. The molecule has 0 saturated carbocycles. The molecule has 0 aliphatic carbocycles. The summed E-state index contributed by atoms with van der Waals surface area (Å²) < 4.78 is 5.61. The minimum Gasteiger partial charge on any atom is -0.494 e. The van der Waals surface area contributed by atoms with Crippen LogP contribution in [0.5, 0.6) is 5.75 Å². The van der Waals surface area contributed by atoms with E-state index in [1.165, 1.54) is 0 Å². The van der Waals surface area contributed by atoms with Crippen LogP contribution < -0.4 is 15.4 Å². The molecule has 0 bridgehead atoms. The van der Waals surface area contributed by atoms with E-state index in [-0.39, 0.29) is 24.8 Å². The average molecular weight is 427 g/mol. The number of carboxylic acid groups (broad SMARTS) is 1. The molecule has 2 aromatic carbocycles. The second-order valence-corrected chi connectivity index (χ2v) is 7.23. The number of carbonyl (C=O) groups is 3. The molecule has 0 spiro atoms. The van der Waals surface area contributed by atoms with Crippen LogP contribution in [0.4, 0.5) is 0 Å². The molecule has 0 radical (unpaired) electrons. The third-order valence-electron chi connectivity index (χ3n) is 4.65. The minimum atomic E-state index is -0.912. The maximum absolute atomic E-state index is 12.7. The molecule has 0 heterocycles. The van der Waals surface area contributed by atoms with Crippen molar-refractivity contribution in [2.45, 2.75) is 45.1 Å². The van der Waals surface area contributed by atoms with E-state index in [4.69, 9.17) is 9.84 Å². The van der Waals surface area contributed by atoms with Crippen LogP contribution in [0.3, 0.4) is 0 Å².